The molecule has 5 heteroatoms. The number of aryl methyl sites for hydroxylation is 2. The van der Waals surface area contributed by atoms with E-state index in [1.165, 1.54) is 6.07 Å². The first kappa shape index (κ1) is 16.0. The van der Waals surface area contributed by atoms with E-state index in [1.807, 2.05) is 50.2 Å². The number of aromatic nitrogens is 1. The van der Waals surface area contributed by atoms with Crippen molar-refractivity contribution in [1.82, 2.24) is 4.98 Å². The van der Waals surface area contributed by atoms with E-state index >= 15 is 0 Å². The van der Waals surface area contributed by atoms with E-state index in [9.17, 15) is 10.1 Å². The third-order valence-corrected chi connectivity index (χ3v) is 4.53. The van der Waals surface area contributed by atoms with Crippen molar-refractivity contribution < 1.29 is 4.92 Å². The number of nitro benzene ring substituents is 1. The first-order valence-electron chi connectivity index (χ1n) is 8.34. The van der Waals surface area contributed by atoms with Gasteiger partial charge >= 0.3 is 0 Å². The number of nitro groups is 1. The number of nitrogens with one attached hydrogen (secondary N) is 1. The van der Waals surface area contributed by atoms with Gasteiger partial charge in [0.2, 0.25) is 0 Å². The van der Waals surface area contributed by atoms with Crippen molar-refractivity contribution in [3.8, 4) is 0 Å². The summed E-state index contributed by atoms with van der Waals surface area (Å²) in [6.07, 6.45) is 0. The Balaban J connectivity index is 1.99. The highest BCUT2D eigenvalue weighted by Gasteiger charge is 2.13. The van der Waals surface area contributed by atoms with Gasteiger partial charge in [0, 0.05) is 28.6 Å². The summed E-state index contributed by atoms with van der Waals surface area (Å²) in [7, 11) is 0. The van der Waals surface area contributed by atoms with Gasteiger partial charge in [0.1, 0.15) is 0 Å². The molecule has 0 unspecified atom stereocenters. The van der Waals surface area contributed by atoms with Crippen LogP contribution in [0.15, 0.2) is 60.7 Å². The van der Waals surface area contributed by atoms with Crippen LogP contribution in [0.4, 0.5) is 17.1 Å². The van der Waals surface area contributed by atoms with Crippen LogP contribution in [0.3, 0.4) is 0 Å². The van der Waals surface area contributed by atoms with Crippen LogP contribution in [0.25, 0.3) is 21.8 Å². The van der Waals surface area contributed by atoms with Gasteiger partial charge in [-0.1, -0.05) is 35.9 Å². The summed E-state index contributed by atoms with van der Waals surface area (Å²) in [5.74, 6) is 0. The second-order valence-corrected chi connectivity index (χ2v) is 6.41. The molecular formula is C21H17N3O2. The number of benzene rings is 3. The maximum atomic E-state index is 11.2. The largest absolute Gasteiger partial charge is 0.354 e. The number of hydrogen-bond acceptors (Lipinski definition) is 4. The zero-order valence-electron chi connectivity index (χ0n) is 14.5. The zero-order valence-corrected chi connectivity index (χ0v) is 14.5. The molecule has 0 spiro atoms. The molecule has 0 bridgehead atoms. The van der Waals surface area contributed by atoms with E-state index in [4.69, 9.17) is 4.98 Å². The molecule has 26 heavy (non-hydrogen) atoms. The minimum Gasteiger partial charge on any atom is -0.354 e. The molecule has 0 aliphatic carbocycles. The molecule has 1 N–H and O–H groups in total. The Kier molecular flexibility index (Phi) is 3.77. The van der Waals surface area contributed by atoms with Crippen LogP contribution < -0.4 is 5.32 Å². The summed E-state index contributed by atoms with van der Waals surface area (Å²) >= 11 is 0. The molecule has 0 fully saturated rings. The fourth-order valence-corrected chi connectivity index (χ4v) is 3.13. The van der Waals surface area contributed by atoms with Gasteiger partial charge in [0.25, 0.3) is 5.69 Å². The molecular weight excluding hydrogens is 326 g/mol. The molecule has 5 nitrogen and oxygen atoms in total. The van der Waals surface area contributed by atoms with Crippen molar-refractivity contribution >= 4 is 38.9 Å². The standard InChI is InChI=1S/C21H17N3O2/c1-13-7-10-19-17(11-13)21(16-5-3-4-6-18(16)22-19)23-20-12-15(24(25)26)9-8-14(20)2/h3-12H,1-2H3,(H,22,23). The third kappa shape index (κ3) is 2.73. The quantitative estimate of drug-likeness (QED) is 0.296. The normalized spacial score (nSPS) is 11.0. The lowest BCUT2D eigenvalue weighted by Crippen LogP contribution is -1.98. The minimum atomic E-state index is -0.377. The summed E-state index contributed by atoms with van der Waals surface area (Å²) in [5, 5.41) is 16.6. The Labute approximate surface area is 150 Å². The van der Waals surface area contributed by atoms with Crippen molar-refractivity contribution in [3.63, 3.8) is 0 Å². The fourth-order valence-electron chi connectivity index (χ4n) is 3.13. The molecule has 0 atom stereocenters. The highest BCUT2D eigenvalue weighted by atomic mass is 16.6. The average molecular weight is 343 g/mol. The molecule has 0 radical (unpaired) electrons. The van der Waals surface area contributed by atoms with E-state index in [0.717, 1.165) is 44.3 Å². The van der Waals surface area contributed by atoms with Gasteiger partial charge < -0.3 is 5.32 Å². The van der Waals surface area contributed by atoms with Gasteiger partial charge in [-0.25, -0.2) is 4.98 Å². The van der Waals surface area contributed by atoms with Crippen LogP contribution in [-0.2, 0) is 0 Å². The van der Waals surface area contributed by atoms with Crippen LogP contribution in [0, 0.1) is 24.0 Å². The van der Waals surface area contributed by atoms with E-state index in [-0.39, 0.29) is 10.6 Å². The van der Waals surface area contributed by atoms with Crippen LogP contribution in [0.5, 0.6) is 0 Å². The lowest BCUT2D eigenvalue weighted by molar-refractivity contribution is -0.384. The van der Waals surface area contributed by atoms with Gasteiger partial charge in [0.05, 0.1) is 21.6 Å². The van der Waals surface area contributed by atoms with Gasteiger partial charge in [-0.05, 0) is 37.6 Å². The third-order valence-electron chi connectivity index (χ3n) is 4.53. The molecule has 4 rings (SSSR count). The van der Waals surface area contributed by atoms with Crippen LogP contribution in [0.1, 0.15) is 11.1 Å². The first-order valence-corrected chi connectivity index (χ1v) is 8.34. The summed E-state index contributed by atoms with van der Waals surface area (Å²) < 4.78 is 0. The maximum Gasteiger partial charge on any atom is 0.271 e. The number of hydrogen-bond donors (Lipinski definition) is 1. The second kappa shape index (κ2) is 6.11. The number of anilines is 2. The lowest BCUT2D eigenvalue weighted by Gasteiger charge is -2.15. The van der Waals surface area contributed by atoms with E-state index in [1.54, 1.807) is 12.1 Å². The van der Waals surface area contributed by atoms with Gasteiger partial charge in [-0.15, -0.1) is 0 Å². The Hall–Kier alpha value is -3.47. The Morgan fingerprint density at radius 3 is 2.50 bits per heavy atom. The molecule has 1 aromatic heterocycles. The second-order valence-electron chi connectivity index (χ2n) is 6.41. The summed E-state index contributed by atoms with van der Waals surface area (Å²) in [4.78, 5) is 15.5. The predicted octanol–water partition coefficient (Wildman–Crippen LogP) is 5.66. The maximum absolute atomic E-state index is 11.2. The molecule has 3 aromatic carbocycles. The molecule has 0 saturated heterocycles. The van der Waals surface area contributed by atoms with Crippen LogP contribution in [0.2, 0.25) is 0 Å². The topological polar surface area (TPSA) is 68.1 Å². The number of nitrogens with zero attached hydrogens (tertiary/aromatic N) is 2. The number of rotatable bonds is 3. The van der Waals surface area contributed by atoms with Crippen molar-refractivity contribution in [3.05, 3.63) is 81.9 Å². The number of fused-ring (bicyclic) bond motifs is 2. The number of para-hydroxylation sites is 1. The van der Waals surface area contributed by atoms with Crippen LogP contribution in [-0.4, -0.2) is 9.91 Å². The summed E-state index contributed by atoms with van der Waals surface area (Å²) in [6.45, 7) is 3.97. The van der Waals surface area contributed by atoms with Crippen LogP contribution >= 0.6 is 0 Å². The Morgan fingerprint density at radius 1 is 0.923 bits per heavy atom. The highest BCUT2D eigenvalue weighted by Crippen LogP contribution is 2.35. The summed E-state index contributed by atoms with van der Waals surface area (Å²) in [5.41, 5.74) is 5.55. The first-order chi connectivity index (χ1) is 12.5. The fraction of sp³-hybridized carbons (Fsp3) is 0.0952. The lowest BCUT2D eigenvalue weighted by atomic mass is 10.0. The zero-order chi connectivity index (χ0) is 18.3. The minimum absolute atomic E-state index is 0.0666. The molecule has 4 aromatic rings. The van der Waals surface area contributed by atoms with Crippen molar-refractivity contribution in [2.75, 3.05) is 5.32 Å². The van der Waals surface area contributed by atoms with E-state index in [0.29, 0.717) is 0 Å². The Morgan fingerprint density at radius 2 is 1.69 bits per heavy atom. The Bertz CT molecular complexity index is 1170. The van der Waals surface area contributed by atoms with Gasteiger partial charge in [0.15, 0.2) is 0 Å². The van der Waals surface area contributed by atoms with Gasteiger partial charge in [-0.3, -0.25) is 10.1 Å². The van der Waals surface area contributed by atoms with Gasteiger partial charge in [-0.2, -0.15) is 0 Å². The van der Waals surface area contributed by atoms with Crippen molar-refractivity contribution in [1.29, 1.82) is 0 Å². The van der Waals surface area contributed by atoms with Crippen molar-refractivity contribution in [2.24, 2.45) is 0 Å². The molecule has 0 aliphatic rings. The van der Waals surface area contributed by atoms with E-state index < -0.39 is 0 Å². The molecule has 128 valence electrons. The average Bonchev–Trinajstić information content (AvgIpc) is 2.63. The summed E-state index contributed by atoms with van der Waals surface area (Å²) in [6, 6.07) is 18.9. The number of non-ortho nitro benzene ring substituents is 1. The SMILES string of the molecule is Cc1ccc2nc3ccccc3c(Nc3cc([N+](=O)[O-])ccc3C)c2c1. The van der Waals surface area contributed by atoms with E-state index in [2.05, 4.69) is 11.4 Å². The number of pyridine rings is 1. The molecule has 0 aliphatic heterocycles. The molecule has 1 heterocycles. The smallest absolute Gasteiger partial charge is 0.271 e. The van der Waals surface area contributed by atoms with Crippen molar-refractivity contribution in [2.45, 2.75) is 13.8 Å². The predicted molar refractivity (Wildman–Crippen MR) is 105 cm³/mol. The molecule has 0 saturated carbocycles. The monoisotopic (exact) mass is 343 g/mol. The highest BCUT2D eigenvalue weighted by molar-refractivity contribution is 6.09. The molecule has 0 amide bonds.